The topological polar surface area (TPSA) is 44.3 Å². The molecular formula is C14H25N5. The first-order valence-corrected chi connectivity index (χ1v) is 7.15. The normalized spacial score (nSPS) is 16.9. The zero-order valence-electron chi connectivity index (χ0n) is 12.3. The predicted octanol–water partition coefficient (Wildman–Crippen LogP) is 1.69. The second-order valence-electron chi connectivity index (χ2n) is 5.64. The minimum Gasteiger partial charge on any atom is -0.370 e. The van der Waals surface area contributed by atoms with E-state index in [0.29, 0.717) is 5.92 Å². The Morgan fingerprint density at radius 1 is 1.26 bits per heavy atom. The van der Waals surface area contributed by atoms with E-state index in [-0.39, 0.29) is 0 Å². The molecule has 0 radical (unpaired) electrons. The molecule has 2 rings (SSSR count). The van der Waals surface area contributed by atoms with Gasteiger partial charge >= 0.3 is 0 Å². The quantitative estimate of drug-likeness (QED) is 0.876. The highest BCUT2D eigenvalue weighted by Crippen LogP contribution is 2.13. The van der Waals surface area contributed by atoms with Crippen molar-refractivity contribution in [1.82, 2.24) is 14.9 Å². The van der Waals surface area contributed by atoms with E-state index in [9.17, 15) is 0 Å². The molecular weight excluding hydrogens is 238 g/mol. The summed E-state index contributed by atoms with van der Waals surface area (Å²) < 4.78 is 0. The van der Waals surface area contributed by atoms with Crippen LogP contribution in [0.4, 0.5) is 11.8 Å². The van der Waals surface area contributed by atoms with Gasteiger partial charge in [-0.15, -0.1) is 0 Å². The third kappa shape index (κ3) is 4.35. The van der Waals surface area contributed by atoms with Gasteiger partial charge in [-0.2, -0.15) is 4.98 Å². The molecule has 1 saturated heterocycles. The number of hydrogen-bond donors (Lipinski definition) is 1. The van der Waals surface area contributed by atoms with Gasteiger partial charge in [0.15, 0.2) is 0 Å². The Morgan fingerprint density at radius 2 is 2.00 bits per heavy atom. The average molecular weight is 263 g/mol. The van der Waals surface area contributed by atoms with E-state index in [4.69, 9.17) is 0 Å². The number of nitrogens with one attached hydrogen (secondary N) is 1. The van der Waals surface area contributed by atoms with Gasteiger partial charge in [-0.05, 0) is 25.5 Å². The SMILES string of the molecule is CC(C)CCNc1ccnc(N2CCN(C)CC2)n1. The Bertz CT molecular complexity index is 385. The van der Waals surface area contributed by atoms with Crippen molar-refractivity contribution in [3.63, 3.8) is 0 Å². The molecule has 0 aliphatic carbocycles. The van der Waals surface area contributed by atoms with Crippen molar-refractivity contribution >= 4 is 11.8 Å². The van der Waals surface area contributed by atoms with E-state index in [1.54, 1.807) is 0 Å². The number of hydrogen-bond acceptors (Lipinski definition) is 5. The zero-order valence-corrected chi connectivity index (χ0v) is 12.3. The lowest BCUT2D eigenvalue weighted by molar-refractivity contribution is 0.311. The molecule has 5 nitrogen and oxygen atoms in total. The van der Waals surface area contributed by atoms with Gasteiger partial charge in [0, 0.05) is 38.9 Å². The van der Waals surface area contributed by atoms with Crippen molar-refractivity contribution < 1.29 is 0 Å². The van der Waals surface area contributed by atoms with Crippen LogP contribution in [0.25, 0.3) is 0 Å². The van der Waals surface area contributed by atoms with E-state index in [2.05, 4.69) is 46.0 Å². The molecule has 2 heterocycles. The Balaban J connectivity index is 1.91. The summed E-state index contributed by atoms with van der Waals surface area (Å²) in [4.78, 5) is 13.6. The number of piperazine rings is 1. The first-order valence-electron chi connectivity index (χ1n) is 7.15. The van der Waals surface area contributed by atoms with Crippen LogP contribution in [0.5, 0.6) is 0 Å². The molecule has 106 valence electrons. The van der Waals surface area contributed by atoms with Crippen LogP contribution in [0, 0.1) is 5.92 Å². The van der Waals surface area contributed by atoms with Gasteiger partial charge in [-0.3, -0.25) is 0 Å². The van der Waals surface area contributed by atoms with Crippen LogP contribution in [0.1, 0.15) is 20.3 Å². The summed E-state index contributed by atoms with van der Waals surface area (Å²) in [6, 6.07) is 1.94. The summed E-state index contributed by atoms with van der Waals surface area (Å²) in [5.41, 5.74) is 0. The van der Waals surface area contributed by atoms with E-state index < -0.39 is 0 Å². The summed E-state index contributed by atoms with van der Waals surface area (Å²) in [5, 5.41) is 3.38. The Hall–Kier alpha value is -1.36. The van der Waals surface area contributed by atoms with Crippen LogP contribution in [-0.2, 0) is 0 Å². The van der Waals surface area contributed by atoms with Crippen molar-refractivity contribution in [2.24, 2.45) is 5.92 Å². The number of aromatic nitrogens is 2. The molecule has 1 aromatic heterocycles. The fourth-order valence-corrected chi connectivity index (χ4v) is 2.09. The number of likely N-dealkylation sites (N-methyl/N-ethyl adjacent to an activating group) is 1. The molecule has 1 aliphatic rings. The maximum atomic E-state index is 4.60. The first kappa shape index (κ1) is 14.1. The molecule has 19 heavy (non-hydrogen) atoms. The minimum absolute atomic E-state index is 0.714. The highest BCUT2D eigenvalue weighted by Gasteiger charge is 2.16. The molecule has 1 fully saturated rings. The molecule has 0 atom stereocenters. The highest BCUT2D eigenvalue weighted by atomic mass is 15.3. The van der Waals surface area contributed by atoms with Crippen LogP contribution in [0.15, 0.2) is 12.3 Å². The van der Waals surface area contributed by atoms with Crippen molar-refractivity contribution in [1.29, 1.82) is 0 Å². The fraction of sp³-hybridized carbons (Fsp3) is 0.714. The lowest BCUT2D eigenvalue weighted by Gasteiger charge is -2.32. The molecule has 1 aliphatic heterocycles. The Kier molecular flexibility index (Phi) is 4.96. The van der Waals surface area contributed by atoms with E-state index >= 15 is 0 Å². The van der Waals surface area contributed by atoms with Crippen LogP contribution >= 0.6 is 0 Å². The van der Waals surface area contributed by atoms with Gasteiger partial charge < -0.3 is 15.1 Å². The highest BCUT2D eigenvalue weighted by molar-refractivity contribution is 5.41. The second-order valence-corrected chi connectivity index (χ2v) is 5.64. The maximum Gasteiger partial charge on any atom is 0.227 e. The molecule has 0 saturated carbocycles. The van der Waals surface area contributed by atoms with Crippen molar-refractivity contribution in [2.75, 3.05) is 50.0 Å². The molecule has 0 unspecified atom stereocenters. The molecule has 5 heteroatoms. The van der Waals surface area contributed by atoms with E-state index in [0.717, 1.165) is 50.9 Å². The first-order chi connectivity index (χ1) is 9.15. The van der Waals surface area contributed by atoms with Crippen molar-refractivity contribution in [3.8, 4) is 0 Å². The van der Waals surface area contributed by atoms with Gasteiger partial charge in [0.05, 0.1) is 0 Å². The summed E-state index contributed by atoms with van der Waals surface area (Å²) in [6.45, 7) is 9.60. The van der Waals surface area contributed by atoms with Crippen LogP contribution in [0.2, 0.25) is 0 Å². The number of rotatable bonds is 5. The largest absolute Gasteiger partial charge is 0.370 e. The second kappa shape index (κ2) is 6.70. The smallest absolute Gasteiger partial charge is 0.227 e. The molecule has 1 N–H and O–H groups in total. The Labute approximate surface area is 116 Å². The maximum absolute atomic E-state index is 4.60. The lowest BCUT2D eigenvalue weighted by Crippen LogP contribution is -2.45. The van der Waals surface area contributed by atoms with Crippen molar-refractivity contribution in [3.05, 3.63) is 12.3 Å². The zero-order chi connectivity index (χ0) is 13.7. The van der Waals surface area contributed by atoms with Gasteiger partial charge in [0.1, 0.15) is 5.82 Å². The van der Waals surface area contributed by atoms with Crippen LogP contribution in [-0.4, -0.2) is 54.6 Å². The summed E-state index contributed by atoms with van der Waals surface area (Å²) >= 11 is 0. The van der Waals surface area contributed by atoms with Gasteiger partial charge in [0.2, 0.25) is 5.95 Å². The summed E-state index contributed by atoms with van der Waals surface area (Å²) in [7, 11) is 2.15. The van der Waals surface area contributed by atoms with E-state index in [1.807, 2.05) is 12.3 Å². The minimum atomic E-state index is 0.714. The lowest BCUT2D eigenvalue weighted by atomic mass is 10.1. The van der Waals surface area contributed by atoms with Gasteiger partial charge in [-0.1, -0.05) is 13.8 Å². The van der Waals surface area contributed by atoms with Crippen LogP contribution in [0.3, 0.4) is 0 Å². The molecule has 0 amide bonds. The predicted molar refractivity (Wildman–Crippen MR) is 79.7 cm³/mol. The molecule has 0 aromatic carbocycles. The average Bonchev–Trinajstić information content (AvgIpc) is 2.39. The van der Waals surface area contributed by atoms with Crippen LogP contribution < -0.4 is 10.2 Å². The Morgan fingerprint density at radius 3 is 2.68 bits per heavy atom. The summed E-state index contributed by atoms with van der Waals surface area (Å²) in [5.74, 6) is 2.50. The fourth-order valence-electron chi connectivity index (χ4n) is 2.09. The number of anilines is 2. The van der Waals surface area contributed by atoms with Crippen molar-refractivity contribution in [2.45, 2.75) is 20.3 Å². The third-order valence-corrected chi connectivity index (χ3v) is 3.46. The molecule has 0 bridgehead atoms. The molecule has 0 spiro atoms. The monoisotopic (exact) mass is 263 g/mol. The third-order valence-electron chi connectivity index (χ3n) is 3.46. The molecule has 1 aromatic rings. The number of nitrogens with zero attached hydrogens (tertiary/aromatic N) is 4. The van der Waals surface area contributed by atoms with E-state index in [1.165, 1.54) is 0 Å². The summed E-state index contributed by atoms with van der Waals surface area (Å²) in [6.07, 6.45) is 3.01. The van der Waals surface area contributed by atoms with Gasteiger partial charge in [0.25, 0.3) is 0 Å². The standard InChI is InChI=1S/C14H25N5/c1-12(2)4-6-15-13-5-7-16-14(17-13)19-10-8-18(3)9-11-19/h5,7,12H,4,6,8-11H2,1-3H3,(H,15,16,17). The van der Waals surface area contributed by atoms with Gasteiger partial charge in [-0.25, -0.2) is 4.98 Å².